The van der Waals surface area contributed by atoms with Gasteiger partial charge >= 0.3 is 0 Å². The summed E-state index contributed by atoms with van der Waals surface area (Å²) in [6.45, 7) is 6.61. The van der Waals surface area contributed by atoms with Gasteiger partial charge in [-0.2, -0.15) is 4.31 Å². The van der Waals surface area contributed by atoms with Gasteiger partial charge in [-0.05, 0) is 49.9 Å². The molecule has 2 aliphatic heterocycles. The van der Waals surface area contributed by atoms with Gasteiger partial charge < -0.3 is 10.2 Å². The normalized spacial score (nSPS) is 27.7. The van der Waals surface area contributed by atoms with E-state index in [1.807, 2.05) is 0 Å². The largest absolute Gasteiger partial charge is 0.447 e. The number of likely N-dealkylation sites (tertiary alicyclic amines) is 1. The smallest absolute Gasteiger partial charge is 0.276 e. The molecule has 2 fully saturated rings. The summed E-state index contributed by atoms with van der Waals surface area (Å²) >= 11 is 0. The molecule has 0 aliphatic carbocycles. The number of sulfonamides is 1. The van der Waals surface area contributed by atoms with Crippen LogP contribution in [-0.2, 0) is 16.6 Å². The fourth-order valence-corrected chi connectivity index (χ4v) is 4.73. The minimum atomic E-state index is -3.45. The zero-order chi connectivity index (χ0) is 15.8. The maximum atomic E-state index is 12.4. The third-order valence-corrected chi connectivity index (χ3v) is 6.58. The molecule has 3 heterocycles. The zero-order valence-electron chi connectivity index (χ0n) is 13.1. The van der Waals surface area contributed by atoms with Gasteiger partial charge in [-0.25, -0.2) is 8.42 Å². The molecule has 2 aliphatic rings. The summed E-state index contributed by atoms with van der Waals surface area (Å²) in [5, 5.41) is 0.0742. The molecule has 0 radical (unpaired) electrons. The van der Waals surface area contributed by atoms with Crippen molar-refractivity contribution in [2.24, 2.45) is 11.1 Å². The highest BCUT2D eigenvalue weighted by Gasteiger charge is 2.33. The molecule has 124 valence electrons. The molecule has 6 nitrogen and oxygen atoms in total. The molecule has 7 heteroatoms. The molecule has 0 aromatic carbocycles. The van der Waals surface area contributed by atoms with Crippen molar-refractivity contribution < 1.29 is 12.8 Å². The molecule has 1 aromatic rings. The van der Waals surface area contributed by atoms with E-state index in [1.165, 1.54) is 4.31 Å². The summed E-state index contributed by atoms with van der Waals surface area (Å²) < 4.78 is 32.0. The van der Waals surface area contributed by atoms with E-state index in [9.17, 15) is 8.42 Å². The van der Waals surface area contributed by atoms with Gasteiger partial charge in [-0.1, -0.05) is 6.92 Å². The van der Waals surface area contributed by atoms with Crippen molar-refractivity contribution >= 4 is 10.0 Å². The van der Waals surface area contributed by atoms with Crippen LogP contribution in [0.2, 0.25) is 0 Å². The standard InChI is InChI=1S/C15H25N3O3S/c1-15(11-16)6-9-17(12-15)10-13-4-5-14(21-13)22(19,20)18-7-2-3-8-18/h4-5H,2-3,6-12,16H2,1H3. The van der Waals surface area contributed by atoms with Gasteiger partial charge in [0.1, 0.15) is 5.76 Å². The third kappa shape index (κ3) is 3.08. The highest BCUT2D eigenvalue weighted by Crippen LogP contribution is 2.30. The molecule has 1 unspecified atom stereocenters. The number of rotatable bonds is 5. The second kappa shape index (κ2) is 5.96. The molecular weight excluding hydrogens is 302 g/mol. The molecule has 0 saturated carbocycles. The van der Waals surface area contributed by atoms with Crippen molar-refractivity contribution in [1.82, 2.24) is 9.21 Å². The van der Waals surface area contributed by atoms with Crippen LogP contribution in [0.4, 0.5) is 0 Å². The lowest BCUT2D eigenvalue weighted by atomic mass is 9.90. The van der Waals surface area contributed by atoms with Crippen LogP contribution in [-0.4, -0.2) is 50.3 Å². The van der Waals surface area contributed by atoms with E-state index < -0.39 is 10.0 Å². The van der Waals surface area contributed by atoms with Crippen molar-refractivity contribution in [1.29, 1.82) is 0 Å². The summed E-state index contributed by atoms with van der Waals surface area (Å²) in [6, 6.07) is 3.36. The van der Waals surface area contributed by atoms with Crippen LogP contribution in [0.1, 0.15) is 31.9 Å². The Balaban J connectivity index is 1.67. The number of nitrogens with zero attached hydrogens (tertiary/aromatic N) is 2. The first-order valence-corrected chi connectivity index (χ1v) is 9.38. The minimum absolute atomic E-state index is 0.0742. The minimum Gasteiger partial charge on any atom is -0.447 e. The molecule has 2 N–H and O–H groups in total. The second-order valence-electron chi connectivity index (χ2n) is 6.81. The average Bonchev–Trinajstić information content (AvgIpc) is 3.20. The summed E-state index contributed by atoms with van der Waals surface area (Å²) in [5.74, 6) is 0.707. The van der Waals surface area contributed by atoms with E-state index in [-0.39, 0.29) is 10.5 Å². The van der Waals surface area contributed by atoms with Gasteiger partial charge in [0.2, 0.25) is 5.09 Å². The van der Waals surface area contributed by atoms with E-state index in [0.717, 1.165) is 32.4 Å². The molecule has 0 amide bonds. The van der Waals surface area contributed by atoms with Gasteiger partial charge in [0, 0.05) is 19.6 Å². The highest BCUT2D eigenvalue weighted by molar-refractivity contribution is 7.89. The Kier molecular flexibility index (Phi) is 4.33. The van der Waals surface area contributed by atoms with Crippen LogP contribution in [0.25, 0.3) is 0 Å². The lowest BCUT2D eigenvalue weighted by Crippen LogP contribution is -2.31. The van der Waals surface area contributed by atoms with Crippen LogP contribution < -0.4 is 5.73 Å². The van der Waals surface area contributed by atoms with Crippen molar-refractivity contribution in [3.63, 3.8) is 0 Å². The van der Waals surface area contributed by atoms with Crippen LogP contribution >= 0.6 is 0 Å². The predicted molar refractivity (Wildman–Crippen MR) is 83.8 cm³/mol. The highest BCUT2D eigenvalue weighted by atomic mass is 32.2. The van der Waals surface area contributed by atoms with E-state index in [4.69, 9.17) is 10.2 Å². The maximum absolute atomic E-state index is 12.4. The van der Waals surface area contributed by atoms with Crippen molar-refractivity contribution in [2.45, 2.75) is 37.8 Å². The fraction of sp³-hybridized carbons (Fsp3) is 0.733. The first-order valence-electron chi connectivity index (χ1n) is 7.94. The van der Waals surface area contributed by atoms with E-state index in [2.05, 4.69) is 11.8 Å². The van der Waals surface area contributed by atoms with Crippen LogP contribution in [0.5, 0.6) is 0 Å². The lowest BCUT2D eigenvalue weighted by Gasteiger charge is -2.22. The number of hydrogen-bond acceptors (Lipinski definition) is 5. The van der Waals surface area contributed by atoms with Crippen molar-refractivity contribution in [3.8, 4) is 0 Å². The zero-order valence-corrected chi connectivity index (χ0v) is 13.9. The Morgan fingerprint density at radius 2 is 2.00 bits per heavy atom. The lowest BCUT2D eigenvalue weighted by molar-refractivity contribution is 0.248. The summed E-state index contributed by atoms with van der Waals surface area (Å²) in [6.07, 6.45) is 2.93. The Morgan fingerprint density at radius 1 is 1.27 bits per heavy atom. The van der Waals surface area contributed by atoms with Crippen molar-refractivity contribution in [3.05, 3.63) is 17.9 Å². The topological polar surface area (TPSA) is 79.8 Å². The van der Waals surface area contributed by atoms with Gasteiger partial charge in [0.15, 0.2) is 0 Å². The monoisotopic (exact) mass is 327 g/mol. The molecule has 0 spiro atoms. The van der Waals surface area contributed by atoms with Crippen molar-refractivity contribution in [2.75, 3.05) is 32.7 Å². The maximum Gasteiger partial charge on any atom is 0.276 e. The number of hydrogen-bond donors (Lipinski definition) is 1. The first kappa shape index (κ1) is 16.0. The van der Waals surface area contributed by atoms with E-state index >= 15 is 0 Å². The van der Waals surface area contributed by atoms with Gasteiger partial charge in [0.25, 0.3) is 10.0 Å². The third-order valence-electron chi connectivity index (χ3n) is 4.81. The van der Waals surface area contributed by atoms with Crippen LogP contribution in [0.3, 0.4) is 0 Å². The van der Waals surface area contributed by atoms with E-state index in [1.54, 1.807) is 12.1 Å². The quantitative estimate of drug-likeness (QED) is 0.880. The molecular formula is C15H25N3O3S. The number of nitrogens with two attached hydrogens (primary N) is 1. The Bertz CT molecular complexity index is 622. The molecule has 3 rings (SSSR count). The SMILES string of the molecule is CC1(CN)CCN(Cc2ccc(S(=O)(=O)N3CCCC3)o2)C1. The Labute approximate surface area is 132 Å². The second-order valence-corrected chi connectivity index (χ2v) is 8.68. The van der Waals surface area contributed by atoms with Gasteiger partial charge in [-0.15, -0.1) is 0 Å². The molecule has 1 aromatic heterocycles. The Hall–Kier alpha value is -0.890. The van der Waals surface area contributed by atoms with Crippen LogP contribution in [0, 0.1) is 5.41 Å². The molecule has 22 heavy (non-hydrogen) atoms. The first-order chi connectivity index (χ1) is 10.4. The predicted octanol–water partition coefficient (Wildman–Crippen LogP) is 1.23. The summed E-state index contributed by atoms with van der Waals surface area (Å²) in [4.78, 5) is 2.28. The van der Waals surface area contributed by atoms with Gasteiger partial charge in [0.05, 0.1) is 6.54 Å². The van der Waals surface area contributed by atoms with Gasteiger partial charge in [-0.3, -0.25) is 4.90 Å². The molecule has 0 bridgehead atoms. The van der Waals surface area contributed by atoms with E-state index in [0.29, 0.717) is 31.9 Å². The number of furan rings is 1. The fourth-order valence-electron chi connectivity index (χ4n) is 3.29. The molecule has 1 atom stereocenters. The summed E-state index contributed by atoms with van der Waals surface area (Å²) in [5.41, 5.74) is 5.98. The van der Waals surface area contributed by atoms with Crippen LogP contribution in [0.15, 0.2) is 21.6 Å². The Morgan fingerprint density at radius 3 is 2.64 bits per heavy atom. The summed E-state index contributed by atoms with van der Waals surface area (Å²) in [7, 11) is -3.45. The average molecular weight is 327 g/mol. The molecule has 2 saturated heterocycles.